The molecule has 1 aliphatic rings. The lowest BCUT2D eigenvalue weighted by atomic mass is 9.92. The molecule has 1 fully saturated rings. The molecule has 2 heterocycles. The number of nitrogens with zero attached hydrogens (tertiary/aromatic N) is 3. The molecule has 106 valence electrons. The molecule has 1 aliphatic heterocycles. The molecule has 0 bridgehead atoms. The number of piperidine rings is 1. The Hall–Kier alpha value is -1.16. The Balaban J connectivity index is 1.91. The summed E-state index contributed by atoms with van der Waals surface area (Å²) in [5, 5.41) is 3.25. The smallest absolute Gasteiger partial charge is 0.144 e. The summed E-state index contributed by atoms with van der Waals surface area (Å²) < 4.78 is 0. The maximum atomic E-state index is 4.52. The molecule has 0 aromatic carbocycles. The Kier molecular flexibility index (Phi) is 5.14. The van der Waals surface area contributed by atoms with Crippen molar-refractivity contribution in [1.29, 1.82) is 0 Å². The summed E-state index contributed by atoms with van der Waals surface area (Å²) in [5.41, 5.74) is 1.07. The van der Waals surface area contributed by atoms with Crippen LogP contribution in [0.25, 0.3) is 0 Å². The Morgan fingerprint density at radius 2 is 2.16 bits per heavy atom. The lowest BCUT2D eigenvalue weighted by molar-refractivity contribution is 0.105. The van der Waals surface area contributed by atoms with Gasteiger partial charge in [-0.25, -0.2) is 4.98 Å². The third kappa shape index (κ3) is 3.90. The van der Waals surface area contributed by atoms with Crippen molar-refractivity contribution in [2.45, 2.75) is 52.6 Å². The van der Waals surface area contributed by atoms with Crippen LogP contribution >= 0.6 is 0 Å². The standard InChI is InChI=1S/C15H26N4/c1-4-7-16-15-10-17-14(9-18-15)11-19-8-5-6-12(2)13(19)3/h9-10,12-13H,4-8,11H2,1-3H3,(H,16,18). The Morgan fingerprint density at radius 3 is 2.84 bits per heavy atom. The summed E-state index contributed by atoms with van der Waals surface area (Å²) in [6.45, 7) is 9.88. The SMILES string of the molecule is CCCNc1cnc(CN2CCCC(C)C2C)cn1. The second kappa shape index (κ2) is 6.85. The van der Waals surface area contributed by atoms with E-state index in [9.17, 15) is 0 Å². The van der Waals surface area contributed by atoms with Gasteiger partial charge < -0.3 is 5.32 Å². The van der Waals surface area contributed by atoms with E-state index in [1.54, 1.807) is 0 Å². The number of aromatic nitrogens is 2. The lowest BCUT2D eigenvalue weighted by Gasteiger charge is -2.37. The van der Waals surface area contributed by atoms with E-state index in [1.165, 1.54) is 19.4 Å². The van der Waals surface area contributed by atoms with Crippen molar-refractivity contribution < 1.29 is 0 Å². The minimum Gasteiger partial charge on any atom is -0.369 e. The first-order valence-electron chi connectivity index (χ1n) is 7.49. The number of hydrogen-bond donors (Lipinski definition) is 1. The maximum Gasteiger partial charge on any atom is 0.144 e. The van der Waals surface area contributed by atoms with Gasteiger partial charge in [-0.05, 0) is 38.6 Å². The molecular weight excluding hydrogens is 236 g/mol. The van der Waals surface area contributed by atoms with Crippen LogP contribution in [-0.4, -0.2) is 34.0 Å². The Bertz CT molecular complexity index is 376. The summed E-state index contributed by atoms with van der Waals surface area (Å²) in [4.78, 5) is 11.5. The van der Waals surface area contributed by atoms with Crippen LogP contribution in [0.5, 0.6) is 0 Å². The van der Waals surface area contributed by atoms with Crippen LogP contribution in [0.3, 0.4) is 0 Å². The molecule has 1 saturated heterocycles. The molecule has 1 aromatic heterocycles. The Morgan fingerprint density at radius 1 is 1.32 bits per heavy atom. The fraction of sp³-hybridized carbons (Fsp3) is 0.733. The minimum atomic E-state index is 0.647. The molecule has 2 rings (SSSR count). The number of likely N-dealkylation sites (tertiary alicyclic amines) is 1. The van der Waals surface area contributed by atoms with Crippen molar-refractivity contribution >= 4 is 5.82 Å². The van der Waals surface area contributed by atoms with Crippen LogP contribution in [0.1, 0.15) is 45.7 Å². The molecule has 2 unspecified atom stereocenters. The summed E-state index contributed by atoms with van der Waals surface area (Å²) in [7, 11) is 0. The quantitative estimate of drug-likeness (QED) is 0.886. The first kappa shape index (κ1) is 14.3. The van der Waals surface area contributed by atoms with E-state index in [4.69, 9.17) is 0 Å². The molecule has 0 radical (unpaired) electrons. The molecule has 0 aliphatic carbocycles. The van der Waals surface area contributed by atoms with Crippen molar-refractivity contribution in [2.24, 2.45) is 5.92 Å². The number of nitrogens with one attached hydrogen (secondary N) is 1. The van der Waals surface area contributed by atoms with Crippen molar-refractivity contribution in [3.8, 4) is 0 Å². The normalized spacial score (nSPS) is 24.4. The van der Waals surface area contributed by atoms with E-state index >= 15 is 0 Å². The van der Waals surface area contributed by atoms with Crippen molar-refractivity contribution in [1.82, 2.24) is 14.9 Å². The third-order valence-corrected chi connectivity index (χ3v) is 4.13. The van der Waals surface area contributed by atoms with Crippen LogP contribution < -0.4 is 5.32 Å². The average molecular weight is 262 g/mol. The fourth-order valence-electron chi connectivity index (χ4n) is 2.63. The highest BCUT2D eigenvalue weighted by Gasteiger charge is 2.24. The summed E-state index contributed by atoms with van der Waals surface area (Å²) in [6, 6.07) is 0.647. The van der Waals surface area contributed by atoms with Gasteiger partial charge >= 0.3 is 0 Å². The van der Waals surface area contributed by atoms with E-state index in [0.29, 0.717) is 6.04 Å². The monoisotopic (exact) mass is 262 g/mol. The van der Waals surface area contributed by atoms with Crippen LogP contribution in [0.15, 0.2) is 12.4 Å². The van der Waals surface area contributed by atoms with Gasteiger partial charge in [0.2, 0.25) is 0 Å². The molecule has 2 atom stereocenters. The van der Waals surface area contributed by atoms with Gasteiger partial charge in [0, 0.05) is 19.1 Å². The maximum absolute atomic E-state index is 4.52. The van der Waals surface area contributed by atoms with Crippen molar-refractivity contribution in [2.75, 3.05) is 18.4 Å². The topological polar surface area (TPSA) is 41.1 Å². The second-order valence-electron chi connectivity index (χ2n) is 5.65. The van der Waals surface area contributed by atoms with Gasteiger partial charge in [-0.3, -0.25) is 9.88 Å². The summed E-state index contributed by atoms with van der Waals surface area (Å²) >= 11 is 0. The zero-order chi connectivity index (χ0) is 13.7. The van der Waals surface area contributed by atoms with E-state index in [-0.39, 0.29) is 0 Å². The molecule has 0 saturated carbocycles. The highest BCUT2D eigenvalue weighted by Crippen LogP contribution is 2.23. The Labute approximate surface area is 116 Å². The van der Waals surface area contributed by atoms with E-state index in [1.807, 2.05) is 12.4 Å². The molecule has 1 aromatic rings. The van der Waals surface area contributed by atoms with Gasteiger partial charge in [-0.2, -0.15) is 0 Å². The van der Waals surface area contributed by atoms with Gasteiger partial charge in [-0.1, -0.05) is 13.8 Å². The number of hydrogen-bond acceptors (Lipinski definition) is 4. The second-order valence-corrected chi connectivity index (χ2v) is 5.65. The van der Waals surface area contributed by atoms with E-state index in [0.717, 1.165) is 36.9 Å². The number of anilines is 1. The predicted molar refractivity (Wildman–Crippen MR) is 79.1 cm³/mol. The van der Waals surface area contributed by atoms with Crippen LogP contribution in [0.4, 0.5) is 5.82 Å². The number of rotatable bonds is 5. The van der Waals surface area contributed by atoms with Gasteiger partial charge in [0.1, 0.15) is 5.82 Å². The van der Waals surface area contributed by atoms with Gasteiger partial charge in [-0.15, -0.1) is 0 Å². The van der Waals surface area contributed by atoms with Gasteiger partial charge in [0.05, 0.1) is 18.1 Å². The fourth-order valence-corrected chi connectivity index (χ4v) is 2.63. The van der Waals surface area contributed by atoms with Crippen LogP contribution in [-0.2, 0) is 6.54 Å². The first-order valence-corrected chi connectivity index (χ1v) is 7.49. The average Bonchev–Trinajstić information content (AvgIpc) is 2.43. The highest BCUT2D eigenvalue weighted by atomic mass is 15.2. The first-order chi connectivity index (χ1) is 9.20. The van der Waals surface area contributed by atoms with Crippen molar-refractivity contribution in [3.63, 3.8) is 0 Å². The van der Waals surface area contributed by atoms with E-state index < -0.39 is 0 Å². The molecule has 19 heavy (non-hydrogen) atoms. The molecule has 4 heteroatoms. The zero-order valence-electron chi connectivity index (χ0n) is 12.4. The van der Waals surface area contributed by atoms with Crippen molar-refractivity contribution in [3.05, 3.63) is 18.1 Å². The summed E-state index contributed by atoms with van der Waals surface area (Å²) in [5.74, 6) is 1.66. The zero-order valence-corrected chi connectivity index (χ0v) is 12.4. The molecule has 0 spiro atoms. The van der Waals surface area contributed by atoms with Gasteiger partial charge in [0.15, 0.2) is 0 Å². The van der Waals surface area contributed by atoms with E-state index in [2.05, 4.69) is 41.0 Å². The molecular formula is C15H26N4. The van der Waals surface area contributed by atoms with Crippen LogP contribution in [0.2, 0.25) is 0 Å². The lowest BCUT2D eigenvalue weighted by Crippen LogP contribution is -2.41. The highest BCUT2D eigenvalue weighted by molar-refractivity contribution is 5.30. The third-order valence-electron chi connectivity index (χ3n) is 4.13. The predicted octanol–water partition coefficient (Wildman–Crippen LogP) is 2.92. The summed E-state index contributed by atoms with van der Waals surface area (Å²) in [6.07, 6.45) is 7.51. The van der Waals surface area contributed by atoms with Crippen LogP contribution in [0, 0.1) is 5.92 Å². The molecule has 0 amide bonds. The minimum absolute atomic E-state index is 0.647. The largest absolute Gasteiger partial charge is 0.369 e. The molecule has 1 N–H and O–H groups in total. The molecule has 4 nitrogen and oxygen atoms in total. The van der Waals surface area contributed by atoms with Gasteiger partial charge in [0.25, 0.3) is 0 Å².